The summed E-state index contributed by atoms with van der Waals surface area (Å²) in [5.41, 5.74) is 7.33. The average Bonchev–Trinajstić information content (AvgIpc) is 2.16. The van der Waals surface area contributed by atoms with Crippen LogP contribution in [-0.4, -0.2) is 16.3 Å². The Morgan fingerprint density at radius 2 is 2.14 bits per heavy atom. The molecule has 0 aliphatic rings. The number of hydrogen-bond donors (Lipinski definition) is 3. The van der Waals surface area contributed by atoms with Crippen molar-refractivity contribution in [3.05, 3.63) is 33.8 Å². The molecule has 1 rings (SSSR count). The molecule has 0 fully saturated rings. The van der Waals surface area contributed by atoms with Gasteiger partial charge in [0.15, 0.2) is 0 Å². The minimum Gasteiger partial charge on any atom is -0.392 e. The van der Waals surface area contributed by atoms with Crippen molar-refractivity contribution >= 4 is 15.9 Å². The van der Waals surface area contributed by atoms with Crippen molar-refractivity contribution in [2.24, 2.45) is 5.73 Å². The highest BCUT2D eigenvalue weighted by molar-refractivity contribution is 9.10. The van der Waals surface area contributed by atoms with Gasteiger partial charge in [0.25, 0.3) is 0 Å². The van der Waals surface area contributed by atoms with E-state index in [-0.39, 0.29) is 6.61 Å². The topological polar surface area (TPSA) is 66.5 Å². The summed E-state index contributed by atoms with van der Waals surface area (Å²) in [6.45, 7) is 1.57. The maximum absolute atomic E-state index is 9.36. The van der Waals surface area contributed by atoms with Crippen LogP contribution in [0.15, 0.2) is 22.7 Å². The van der Waals surface area contributed by atoms with E-state index in [9.17, 15) is 5.11 Å². The molecule has 0 spiro atoms. The highest BCUT2D eigenvalue weighted by Crippen LogP contribution is 2.23. The molecule has 0 saturated heterocycles. The first kappa shape index (κ1) is 11.7. The van der Waals surface area contributed by atoms with Gasteiger partial charge in [-0.3, -0.25) is 0 Å². The Labute approximate surface area is 91.7 Å². The molecule has 1 aromatic carbocycles. The summed E-state index contributed by atoms with van der Waals surface area (Å²) in [5.74, 6) is 0. The van der Waals surface area contributed by atoms with Crippen molar-refractivity contribution in [3.63, 3.8) is 0 Å². The van der Waals surface area contributed by atoms with Gasteiger partial charge in [-0.2, -0.15) is 0 Å². The van der Waals surface area contributed by atoms with Crippen LogP contribution in [0.2, 0.25) is 0 Å². The van der Waals surface area contributed by atoms with Crippen LogP contribution in [0.25, 0.3) is 0 Å². The van der Waals surface area contributed by atoms with Gasteiger partial charge in [0.05, 0.1) is 18.8 Å². The van der Waals surface area contributed by atoms with Crippen molar-refractivity contribution in [2.45, 2.75) is 25.7 Å². The van der Waals surface area contributed by atoms with Gasteiger partial charge in [-0.05, 0) is 30.2 Å². The zero-order valence-electron chi connectivity index (χ0n) is 7.94. The molecule has 0 aliphatic heterocycles. The van der Waals surface area contributed by atoms with Crippen LogP contribution in [0.4, 0.5) is 0 Å². The highest BCUT2D eigenvalue weighted by Gasteiger charge is 2.15. The molecule has 0 amide bonds. The second-order valence-corrected chi connectivity index (χ2v) is 4.18. The van der Waals surface area contributed by atoms with E-state index in [1.807, 2.05) is 12.1 Å². The second-order valence-electron chi connectivity index (χ2n) is 3.27. The Kier molecular flexibility index (Phi) is 4.07. The SMILES string of the molecule is CC(O)C(N)c1cc(Br)ccc1CO. The van der Waals surface area contributed by atoms with E-state index in [0.29, 0.717) is 0 Å². The number of rotatable bonds is 3. The van der Waals surface area contributed by atoms with E-state index < -0.39 is 12.1 Å². The van der Waals surface area contributed by atoms with Gasteiger partial charge in [-0.1, -0.05) is 22.0 Å². The predicted octanol–water partition coefficient (Wildman–Crippen LogP) is 1.32. The molecule has 0 bridgehead atoms. The van der Waals surface area contributed by atoms with Gasteiger partial charge < -0.3 is 15.9 Å². The first-order valence-corrected chi connectivity index (χ1v) is 5.18. The molecule has 3 nitrogen and oxygen atoms in total. The molecule has 78 valence electrons. The normalized spacial score (nSPS) is 15.2. The van der Waals surface area contributed by atoms with Gasteiger partial charge in [-0.15, -0.1) is 0 Å². The molecule has 4 N–H and O–H groups in total. The van der Waals surface area contributed by atoms with Gasteiger partial charge in [0.2, 0.25) is 0 Å². The molecule has 0 aliphatic carbocycles. The Hall–Kier alpha value is -0.420. The fourth-order valence-corrected chi connectivity index (χ4v) is 1.66. The lowest BCUT2D eigenvalue weighted by Gasteiger charge is -2.18. The lowest BCUT2D eigenvalue weighted by molar-refractivity contribution is 0.163. The van der Waals surface area contributed by atoms with Crippen LogP contribution in [0, 0.1) is 0 Å². The molecule has 2 unspecified atom stereocenters. The smallest absolute Gasteiger partial charge is 0.0704 e. The van der Waals surface area contributed by atoms with Crippen LogP contribution in [0.5, 0.6) is 0 Å². The quantitative estimate of drug-likeness (QED) is 0.767. The van der Waals surface area contributed by atoms with Crippen molar-refractivity contribution in [1.29, 1.82) is 0 Å². The summed E-state index contributed by atoms with van der Waals surface area (Å²) >= 11 is 3.32. The molecule has 0 saturated carbocycles. The maximum atomic E-state index is 9.36. The predicted molar refractivity (Wildman–Crippen MR) is 58.7 cm³/mol. The molecule has 0 heterocycles. The summed E-state index contributed by atoms with van der Waals surface area (Å²) in [5, 5.41) is 18.5. The van der Waals surface area contributed by atoms with E-state index in [1.165, 1.54) is 0 Å². The lowest BCUT2D eigenvalue weighted by atomic mass is 9.98. The molecule has 2 atom stereocenters. The summed E-state index contributed by atoms with van der Waals surface area (Å²) in [7, 11) is 0. The monoisotopic (exact) mass is 259 g/mol. The van der Waals surface area contributed by atoms with Crippen LogP contribution in [-0.2, 0) is 6.61 Å². The minimum atomic E-state index is -0.630. The van der Waals surface area contributed by atoms with Crippen LogP contribution in [0.3, 0.4) is 0 Å². The standard InChI is InChI=1S/C10H14BrNO2/c1-6(14)10(12)9-4-8(11)3-2-7(9)5-13/h2-4,6,10,13-14H,5,12H2,1H3. The molecule has 1 aromatic rings. The zero-order chi connectivity index (χ0) is 10.7. The number of nitrogens with two attached hydrogens (primary N) is 1. The van der Waals surface area contributed by atoms with Gasteiger partial charge in [0.1, 0.15) is 0 Å². The Morgan fingerprint density at radius 3 is 2.64 bits per heavy atom. The van der Waals surface area contributed by atoms with Crippen LogP contribution < -0.4 is 5.73 Å². The third kappa shape index (κ3) is 2.54. The fraction of sp³-hybridized carbons (Fsp3) is 0.400. The van der Waals surface area contributed by atoms with E-state index in [4.69, 9.17) is 10.8 Å². The Bertz CT molecular complexity index is 315. The lowest BCUT2D eigenvalue weighted by Crippen LogP contribution is -2.24. The molecular formula is C10H14BrNO2. The third-order valence-electron chi connectivity index (χ3n) is 2.16. The van der Waals surface area contributed by atoms with E-state index in [0.717, 1.165) is 15.6 Å². The van der Waals surface area contributed by atoms with Crippen molar-refractivity contribution in [3.8, 4) is 0 Å². The largest absolute Gasteiger partial charge is 0.392 e. The summed E-state index contributed by atoms with van der Waals surface area (Å²) in [6, 6.07) is 4.99. The number of hydrogen-bond acceptors (Lipinski definition) is 3. The van der Waals surface area contributed by atoms with Crippen molar-refractivity contribution < 1.29 is 10.2 Å². The molecule has 14 heavy (non-hydrogen) atoms. The van der Waals surface area contributed by atoms with Crippen molar-refractivity contribution in [1.82, 2.24) is 0 Å². The molecule has 4 heteroatoms. The number of aliphatic hydroxyl groups is 2. The first-order valence-electron chi connectivity index (χ1n) is 4.39. The van der Waals surface area contributed by atoms with E-state index in [1.54, 1.807) is 13.0 Å². The maximum Gasteiger partial charge on any atom is 0.0704 e. The minimum absolute atomic E-state index is 0.0664. The van der Waals surface area contributed by atoms with Gasteiger partial charge in [0, 0.05) is 4.47 Å². The van der Waals surface area contributed by atoms with Gasteiger partial charge in [-0.25, -0.2) is 0 Å². The highest BCUT2D eigenvalue weighted by atomic mass is 79.9. The number of halogens is 1. The molecular weight excluding hydrogens is 246 g/mol. The summed E-state index contributed by atoms with van der Waals surface area (Å²) in [6.07, 6.45) is -0.630. The number of benzene rings is 1. The van der Waals surface area contributed by atoms with Crippen LogP contribution in [0.1, 0.15) is 24.1 Å². The molecule has 0 aromatic heterocycles. The summed E-state index contributed by atoms with van der Waals surface area (Å²) < 4.78 is 0.890. The first-order chi connectivity index (χ1) is 6.56. The Morgan fingerprint density at radius 1 is 1.50 bits per heavy atom. The third-order valence-corrected chi connectivity index (χ3v) is 2.65. The Balaban J connectivity index is 3.10. The summed E-state index contributed by atoms with van der Waals surface area (Å²) in [4.78, 5) is 0. The fourth-order valence-electron chi connectivity index (χ4n) is 1.28. The van der Waals surface area contributed by atoms with Crippen LogP contribution >= 0.6 is 15.9 Å². The second kappa shape index (κ2) is 4.89. The number of aliphatic hydroxyl groups excluding tert-OH is 2. The zero-order valence-corrected chi connectivity index (χ0v) is 9.53. The van der Waals surface area contributed by atoms with Gasteiger partial charge >= 0.3 is 0 Å². The van der Waals surface area contributed by atoms with E-state index in [2.05, 4.69) is 15.9 Å². The molecule has 0 radical (unpaired) electrons. The average molecular weight is 260 g/mol. The van der Waals surface area contributed by atoms with E-state index >= 15 is 0 Å². The van der Waals surface area contributed by atoms with Crippen molar-refractivity contribution in [2.75, 3.05) is 0 Å².